The average molecular weight is 235 g/mol. The molecule has 17 heavy (non-hydrogen) atoms. The van der Waals surface area contributed by atoms with E-state index >= 15 is 0 Å². The highest BCUT2D eigenvalue weighted by atomic mass is 16.2. The number of nitrogens with one attached hydrogen (secondary N) is 1. The number of benzene rings is 1. The first-order valence-electron chi connectivity index (χ1n) is 5.65. The molecule has 1 aromatic rings. The lowest BCUT2D eigenvalue weighted by Gasteiger charge is -2.31. The Morgan fingerprint density at radius 2 is 2.06 bits per heavy atom. The molecule has 4 heteroatoms. The van der Waals surface area contributed by atoms with Gasteiger partial charge in [-0.3, -0.25) is 9.69 Å². The van der Waals surface area contributed by atoms with Crippen molar-refractivity contribution in [2.75, 3.05) is 24.6 Å². The van der Waals surface area contributed by atoms with Crippen LogP contribution in [-0.4, -0.2) is 29.9 Å². The number of hydrogen-bond donors (Lipinski definition) is 2. The zero-order valence-electron chi connectivity index (χ0n) is 10.9. The van der Waals surface area contributed by atoms with Crippen LogP contribution in [0.15, 0.2) is 24.3 Å². The van der Waals surface area contributed by atoms with Crippen molar-refractivity contribution in [3.8, 4) is 0 Å². The summed E-state index contributed by atoms with van der Waals surface area (Å²) in [5.74, 6) is -0.0342. The maximum atomic E-state index is 11.8. The predicted octanol–water partition coefficient (Wildman–Crippen LogP) is 1.94. The van der Waals surface area contributed by atoms with Crippen LogP contribution in [0.4, 0.5) is 11.4 Å². The summed E-state index contributed by atoms with van der Waals surface area (Å²) in [6.45, 7) is 6.57. The van der Waals surface area contributed by atoms with E-state index in [-0.39, 0.29) is 11.4 Å². The van der Waals surface area contributed by atoms with Crippen LogP contribution in [0.3, 0.4) is 0 Å². The Hall–Kier alpha value is -1.55. The van der Waals surface area contributed by atoms with Crippen molar-refractivity contribution in [2.24, 2.45) is 0 Å². The van der Waals surface area contributed by atoms with Crippen molar-refractivity contribution in [3.63, 3.8) is 0 Å². The fourth-order valence-electron chi connectivity index (χ4n) is 1.27. The zero-order valence-corrected chi connectivity index (χ0v) is 10.9. The third-order valence-electron chi connectivity index (χ3n) is 2.70. The first kappa shape index (κ1) is 13.5. The van der Waals surface area contributed by atoms with Crippen LogP contribution < -0.4 is 11.1 Å². The molecule has 0 aliphatic heterocycles. The largest absolute Gasteiger partial charge is 0.399 e. The van der Waals surface area contributed by atoms with E-state index in [2.05, 4.69) is 26.1 Å². The lowest BCUT2D eigenvalue weighted by molar-refractivity contribution is -0.118. The summed E-state index contributed by atoms with van der Waals surface area (Å²) in [5.41, 5.74) is 7.00. The van der Waals surface area contributed by atoms with Gasteiger partial charge in [-0.25, -0.2) is 0 Å². The Morgan fingerprint density at radius 3 is 2.59 bits per heavy atom. The van der Waals surface area contributed by atoms with Gasteiger partial charge in [0.1, 0.15) is 0 Å². The summed E-state index contributed by atoms with van der Waals surface area (Å²) in [7, 11) is 1.93. The van der Waals surface area contributed by atoms with Gasteiger partial charge < -0.3 is 11.1 Å². The molecule has 0 saturated heterocycles. The molecule has 4 nitrogen and oxygen atoms in total. The second-order valence-corrected chi connectivity index (χ2v) is 5.20. The van der Waals surface area contributed by atoms with Crippen LogP contribution in [0.2, 0.25) is 0 Å². The van der Waals surface area contributed by atoms with Gasteiger partial charge in [-0.1, -0.05) is 6.07 Å². The predicted molar refractivity (Wildman–Crippen MR) is 71.9 cm³/mol. The maximum Gasteiger partial charge on any atom is 0.238 e. The number of rotatable bonds is 3. The minimum absolute atomic E-state index is 0.0208. The minimum Gasteiger partial charge on any atom is -0.399 e. The minimum atomic E-state index is -0.0342. The Morgan fingerprint density at radius 1 is 1.41 bits per heavy atom. The van der Waals surface area contributed by atoms with Crippen LogP contribution in [-0.2, 0) is 4.79 Å². The van der Waals surface area contributed by atoms with Gasteiger partial charge in [0.25, 0.3) is 0 Å². The van der Waals surface area contributed by atoms with Gasteiger partial charge in [-0.05, 0) is 46.0 Å². The summed E-state index contributed by atoms with van der Waals surface area (Å²) < 4.78 is 0. The summed E-state index contributed by atoms with van der Waals surface area (Å²) in [6.07, 6.45) is 0. The number of hydrogen-bond acceptors (Lipinski definition) is 3. The van der Waals surface area contributed by atoms with Crippen LogP contribution in [0.1, 0.15) is 20.8 Å². The highest BCUT2D eigenvalue weighted by Gasteiger charge is 2.19. The van der Waals surface area contributed by atoms with Crippen molar-refractivity contribution < 1.29 is 4.79 Å². The highest BCUT2D eigenvalue weighted by molar-refractivity contribution is 5.92. The molecule has 0 aliphatic rings. The van der Waals surface area contributed by atoms with E-state index in [0.29, 0.717) is 12.2 Å². The van der Waals surface area contributed by atoms with Crippen LogP contribution in [0.25, 0.3) is 0 Å². The first-order valence-corrected chi connectivity index (χ1v) is 5.65. The van der Waals surface area contributed by atoms with Gasteiger partial charge in [0.05, 0.1) is 6.54 Å². The molecule has 0 aliphatic carbocycles. The second kappa shape index (κ2) is 5.19. The quantitative estimate of drug-likeness (QED) is 0.787. The monoisotopic (exact) mass is 235 g/mol. The van der Waals surface area contributed by atoms with E-state index in [4.69, 9.17) is 5.73 Å². The first-order chi connectivity index (χ1) is 7.79. The Balaban J connectivity index is 2.56. The van der Waals surface area contributed by atoms with Crippen LogP contribution in [0.5, 0.6) is 0 Å². The molecular weight excluding hydrogens is 214 g/mol. The van der Waals surface area contributed by atoms with Gasteiger partial charge >= 0.3 is 0 Å². The molecule has 0 heterocycles. The molecule has 0 saturated carbocycles. The highest BCUT2D eigenvalue weighted by Crippen LogP contribution is 2.13. The average Bonchev–Trinajstić information content (AvgIpc) is 2.15. The van der Waals surface area contributed by atoms with Crippen molar-refractivity contribution in [3.05, 3.63) is 24.3 Å². The second-order valence-electron chi connectivity index (χ2n) is 5.20. The molecule has 3 N–H and O–H groups in total. The Bertz CT molecular complexity index is 396. The van der Waals surface area contributed by atoms with Gasteiger partial charge in [0.2, 0.25) is 5.91 Å². The van der Waals surface area contributed by atoms with E-state index in [9.17, 15) is 4.79 Å². The fourth-order valence-corrected chi connectivity index (χ4v) is 1.27. The fraction of sp³-hybridized carbons (Fsp3) is 0.462. The van der Waals surface area contributed by atoms with Crippen LogP contribution in [0, 0.1) is 0 Å². The number of nitrogen functional groups attached to an aromatic ring is 1. The molecule has 1 rings (SSSR count). The van der Waals surface area contributed by atoms with Gasteiger partial charge in [-0.2, -0.15) is 0 Å². The zero-order chi connectivity index (χ0) is 13.1. The standard InChI is InChI=1S/C13H21N3O/c1-13(2,3)16(4)9-12(17)15-11-7-5-6-10(14)8-11/h5-8H,9,14H2,1-4H3,(H,15,17). The lowest BCUT2D eigenvalue weighted by Crippen LogP contribution is -2.42. The number of anilines is 2. The maximum absolute atomic E-state index is 11.8. The van der Waals surface area contributed by atoms with E-state index in [0.717, 1.165) is 5.69 Å². The summed E-state index contributed by atoms with van der Waals surface area (Å²) >= 11 is 0. The van der Waals surface area contributed by atoms with Crippen molar-refractivity contribution in [1.82, 2.24) is 4.90 Å². The normalized spacial score (nSPS) is 11.6. The van der Waals surface area contributed by atoms with E-state index in [1.54, 1.807) is 12.1 Å². The van der Waals surface area contributed by atoms with E-state index in [1.807, 2.05) is 24.1 Å². The Kier molecular flexibility index (Phi) is 4.12. The summed E-state index contributed by atoms with van der Waals surface area (Å²) in [6, 6.07) is 7.18. The molecule has 0 fully saturated rings. The molecular formula is C13H21N3O. The van der Waals surface area contributed by atoms with E-state index in [1.165, 1.54) is 0 Å². The van der Waals surface area contributed by atoms with Gasteiger partial charge in [-0.15, -0.1) is 0 Å². The number of carbonyl (C=O) groups excluding carboxylic acids is 1. The van der Waals surface area contributed by atoms with Crippen molar-refractivity contribution >= 4 is 17.3 Å². The number of amides is 1. The van der Waals surface area contributed by atoms with E-state index < -0.39 is 0 Å². The van der Waals surface area contributed by atoms with Crippen LogP contribution >= 0.6 is 0 Å². The van der Waals surface area contributed by atoms with Gasteiger partial charge in [0.15, 0.2) is 0 Å². The summed E-state index contributed by atoms with van der Waals surface area (Å²) in [5, 5.41) is 2.83. The SMILES string of the molecule is CN(CC(=O)Nc1cccc(N)c1)C(C)(C)C. The third-order valence-corrected chi connectivity index (χ3v) is 2.70. The third kappa shape index (κ3) is 4.44. The number of carbonyl (C=O) groups is 1. The molecule has 0 aromatic heterocycles. The smallest absolute Gasteiger partial charge is 0.238 e. The van der Waals surface area contributed by atoms with Crippen molar-refractivity contribution in [1.29, 1.82) is 0 Å². The van der Waals surface area contributed by atoms with Crippen molar-refractivity contribution in [2.45, 2.75) is 26.3 Å². The molecule has 1 amide bonds. The summed E-state index contributed by atoms with van der Waals surface area (Å²) in [4.78, 5) is 13.8. The molecule has 0 bridgehead atoms. The number of likely N-dealkylation sites (N-methyl/N-ethyl adjacent to an activating group) is 1. The molecule has 0 unspecified atom stereocenters. The molecule has 1 aromatic carbocycles. The lowest BCUT2D eigenvalue weighted by atomic mass is 10.1. The molecule has 0 spiro atoms. The Labute approximate surface area is 103 Å². The topological polar surface area (TPSA) is 58.4 Å². The van der Waals surface area contributed by atoms with Gasteiger partial charge in [0, 0.05) is 16.9 Å². The molecule has 0 atom stereocenters. The molecule has 0 radical (unpaired) electrons. The number of nitrogens with zero attached hydrogens (tertiary/aromatic N) is 1. The molecule has 94 valence electrons. The number of nitrogens with two attached hydrogens (primary N) is 1.